The normalized spacial score (nSPS) is 11.6. The summed E-state index contributed by atoms with van der Waals surface area (Å²) in [6, 6.07) is 5.55. The maximum absolute atomic E-state index is 12.4. The fraction of sp³-hybridized carbons (Fsp3) is 0.250. The Morgan fingerprint density at radius 1 is 1.09 bits per heavy atom. The van der Waals surface area contributed by atoms with Crippen LogP contribution in [0.3, 0.4) is 0 Å². The van der Waals surface area contributed by atoms with Crippen LogP contribution in [0.25, 0.3) is 11.2 Å². The smallest absolute Gasteiger partial charge is 0.305 e. The second kappa shape index (κ2) is 10.2. The van der Waals surface area contributed by atoms with Gasteiger partial charge in [-0.25, -0.2) is 9.97 Å². The number of carbonyl (C=O) groups excluding carboxylic acids is 1. The van der Waals surface area contributed by atoms with E-state index in [0.29, 0.717) is 11.4 Å². The molecule has 7 N–H and O–H groups in total. The lowest BCUT2D eigenvalue weighted by Crippen LogP contribution is -2.36. The van der Waals surface area contributed by atoms with Crippen LogP contribution in [0.4, 0.5) is 11.6 Å². The first-order chi connectivity index (χ1) is 15.7. The molecule has 0 saturated heterocycles. The number of nitrogen functional groups attached to an aromatic ring is 1. The van der Waals surface area contributed by atoms with Crippen molar-refractivity contribution in [1.29, 1.82) is 0 Å². The maximum Gasteiger partial charge on any atom is 0.305 e. The molecular weight excluding hydrogens is 434 g/mol. The van der Waals surface area contributed by atoms with Crippen LogP contribution in [-0.2, 0) is 16.1 Å². The quantitative estimate of drug-likeness (QED) is 0.245. The largest absolute Gasteiger partial charge is 0.481 e. The number of aromatic nitrogens is 4. The maximum atomic E-state index is 12.4. The van der Waals surface area contributed by atoms with Gasteiger partial charge in [-0.3, -0.25) is 24.2 Å². The first kappa shape index (κ1) is 23.1. The first-order valence-electron chi connectivity index (χ1n) is 9.81. The first-order valence-corrected chi connectivity index (χ1v) is 9.81. The second-order valence-electron chi connectivity index (χ2n) is 7.12. The van der Waals surface area contributed by atoms with Crippen LogP contribution >= 0.6 is 0 Å². The minimum Gasteiger partial charge on any atom is -0.481 e. The number of aliphatic carboxylic acids is 2. The van der Waals surface area contributed by atoms with E-state index in [1.807, 2.05) is 0 Å². The zero-order valence-electron chi connectivity index (χ0n) is 17.2. The van der Waals surface area contributed by atoms with Crippen LogP contribution in [0.2, 0.25) is 0 Å². The number of hydrogen-bond acceptors (Lipinski definition) is 9. The lowest BCUT2D eigenvalue weighted by atomic mass is 10.1. The molecule has 2 aromatic heterocycles. The van der Waals surface area contributed by atoms with E-state index in [9.17, 15) is 19.2 Å². The molecule has 0 bridgehead atoms. The van der Waals surface area contributed by atoms with Gasteiger partial charge in [0.2, 0.25) is 5.95 Å². The molecule has 0 fully saturated rings. The number of nitrogens with one attached hydrogen (secondary N) is 3. The summed E-state index contributed by atoms with van der Waals surface area (Å²) < 4.78 is 0. The molecule has 3 rings (SSSR count). The van der Waals surface area contributed by atoms with Crippen LogP contribution in [0.5, 0.6) is 0 Å². The highest BCUT2D eigenvalue weighted by molar-refractivity contribution is 5.95. The standard InChI is InChI=1S/C20H21N7O6/c21-20-26-17-16(19(33)27-20)24-13(9-23-17)8-22-11-3-1-10(2-4-11)18(32)25-12(7-15(30)31)5-6-14(28)29/h1-4,9,12,22H,5-8H2,(H,25,32)(H,28,29)(H,30,31)(H3,21,23,26,27,33). The van der Waals surface area contributed by atoms with E-state index in [0.717, 1.165) is 0 Å². The molecule has 2 heterocycles. The topological polar surface area (TPSA) is 213 Å². The Morgan fingerprint density at radius 2 is 1.82 bits per heavy atom. The van der Waals surface area contributed by atoms with Crippen molar-refractivity contribution in [2.45, 2.75) is 31.8 Å². The van der Waals surface area contributed by atoms with Gasteiger partial charge in [-0.1, -0.05) is 0 Å². The fourth-order valence-electron chi connectivity index (χ4n) is 2.99. The lowest BCUT2D eigenvalue weighted by molar-refractivity contribution is -0.139. The zero-order valence-corrected chi connectivity index (χ0v) is 17.2. The molecule has 172 valence electrons. The molecule has 0 saturated carbocycles. The Kier molecular flexibility index (Phi) is 7.13. The summed E-state index contributed by atoms with van der Waals surface area (Å²) in [6.45, 7) is 0.244. The average Bonchev–Trinajstić information content (AvgIpc) is 2.76. The number of hydrogen-bond donors (Lipinski definition) is 6. The third kappa shape index (κ3) is 6.46. The summed E-state index contributed by atoms with van der Waals surface area (Å²) in [7, 11) is 0. The minimum atomic E-state index is -1.14. The number of rotatable bonds is 10. The van der Waals surface area contributed by atoms with Gasteiger partial charge >= 0.3 is 11.9 Å². The van der Waals surface area contributed by atoms with Crippen LogP contribution in [0.15, 0.2) is 35.3 Å². The SMILES string of the molecule is Nc1nc2ncc(CNc3ccc(C(=O)NC(CCC(=O)O)CC(=O)O)cc3)nc2c(=O)[nH]1. The Bertz CT molecular complexity index is 1240. The number of nitrogens with two attached hydrogens (primary N) is 1. The number of fused-ring (bicyclic) bond motifs is 1. The van der Waals surface area contributed by atoms with E-state index < -0.39 is 29.4 Å². The van der Waals surface area contributed by atoms with Crippen LogP contribution in [0, 0.1) is 0 Å². The van der Waals surface area contributed by atoms with Crippen molar-refractivity contribution in [2.24, 2.45) is 0 Å². The number of amides is 1. The number of benzene rings is 1. The predicted octanol–water partition coefficient (Wildman–Crippen LogP) is 0.345. The number of carbonyl (C=O) groups is 3. The van der Waals surface area contributed by atoms with E-state index in [4.69, 9.17) is 15.9 Å². The molecule has 0 aliphatic rings. The number of carboxylic acids is 2. The molecule has 1 unspecified atom stereocenters. The lowest BCUT2D eigenvalue weighted by Gasteiger charge is -2.16. The third-order valence-corrected chi connectivity index (χ3v) is 4.57. The summed E-state index contributed by atoms with van der Waals surface area (Å²) in [5.74, 6) is -2.77. The molecule has 0 aliphatic carbocycles. The Balaban J connectivity index is 1.61. The number of H-pyrrole nitrogens is 1. The van der Waals surface area contributed by atoms with Crippen molar-refractivity contribution in [3.05, 3.63) is 52.1 Å². The molecule has 0 aliphatic heterocycles. The van der Waals surface area contributed by atoms with Crippen LogP contribution < -0.4 is 21.9 Å². The van der Waals surface area contributed by atoms with Crippen molar-refractivity contribution in [3.8, 4) is 0 Å². The molecule has 0 spiro atoms. The predicted molar refractivity (Wildman–Crippen MR) is 117 cm³/mol. The molecule has 0 radical (unpaired) electrons. The van der Waals surface area contributed by atoms with Crippen molar-refractivity contribution in [3.63, 3.8) is 0 Å². The molecule has 1 atom stereocenters. The molecule has 1 amide bonds. The van der Waals surface area contributed by atoms with Crippen molar-refractivity contribution in [2.75, 3.05) is 11.1 Å². The van der Waals surface area contributed by atoms with Gasteiger partial charge in [0.15, 0.2) is 11.2 Å². The van der Waals surface area contributed by atoms with Crippen LogP contribution in [0.1, 0.15) is 35.3 Å². The number of aromatic amines is 1. The monoisotopic (exact) mass is 455 g/mol. The van der Waals surface area contributed by atoms with Crippen molar-refractivity contribution < 1.29 is 24.6 Å². The second-order valence-corrected chi connectivity index (χ2v) is 7.12. The van der Waals surface area contributed by atoms with Gasteiger partial charge < -0.3 is 26.6 Å². The highest BCUT2D eigenvalue weighted by Gasteiger charge is 2.18. The molecular formula is C20H21N7O6. The number of anilines is 2. The molecule has 13 nitrogen and oxygen atoms in total. The minimum absolute atomic E-state index is 0.00472. The van der Waals surface area contributed by atoms with E-state index in [1.54, 1.807) is 12.1 Å². The Morgan fingerprint density at radius 3 is 2.48 bits per heavy atom. The Hall–Kier alpha value is -4.55. The summed E-state index contributed by atoms with van der Waals surface area (Å²) in [5, 5.41) is 23.4. The summed E-state index contributed by atoms with van der Waals surface area (Å²) in [6.07, 6.45) is 0.831. The van der Waals surface area contributed by atoms with E-state index in [1.165, 1.54) is 18.3 Å². The van der Waals surface area contributed by atoms with E-state index in [-0.39, 0.29) is 48.5 Å². The summed E-state index contributed by atoms with van der Waals surface area (Å²) in [4.78, 5) is 60.6. The van der Waals surface area contributed by atoms with Gasteiger partial charge in [0.25, 0.3) is 11.5 Å². The van der Waals surface area contributed by atoms with Crippen molar-refractivity contribution >= 4 is 40.6 Å². The summed E-state index contributed by atoms with van der Waals surface area (Å²) in [5.41, 5.74) is 6.61. The number of carboxylic acid groups (broad SMARTS) is 2. The van der Waals surface area contributed by atoms with Gasteiger partial charge in [-0.15, -0.1) is 0 Å². The van der Waals surface area contributed by atoms with Gasteiger partial charge in [-0.2, -0.15) is 4.98 Å². The van der Waals surface area contributed by atoms with Gasteiger partial charge in [-0.05, 0) is 30.7 Å². The number of nitrogens with zero attached hydrogens (tertiary/aromatic N) is 3. The molecule has 1 aromatic carbocycles. The molecule has 3 aromatic rings. The molecule has 33 heavy (non-hydrogen) atoms. The highest BCUT2D eigenvalue weighted by Crippen LogP contribution is 2.13. The fourth-order valence-corrected chi connectivity index (χ4v) is 2.99. The average molecular weight is 455 g/mol. The van der Waals surface area contributed by atoms with Crippen molar-refractivity contribution in [1.82, 2.24) is 25.3 Å². The van der Waals surface area contributed by atoms with E-state index >= 15 is 0 Å². The highest BCUT2D eigenvalue weighted by atomic mass is 16.4. The Labute approximate surface area is 186 Å². The van der Waals surface area contributed by atoms with Gasteiger partial charge in [0.1, 0.15) is 0 Å². The third-order valence-electron chi connectivity index (χ3n) is 4.57. The summed E-state index contributed by atoms with van der Waals surface area (Å²) >= 11 is 0. The van der Waals surface area contributed by atoms with Crippen LogP contribution in [-0.4, -0.2) is 54.0 Å². The van der Waals surface area contributed by atoms with Gasteiger partial charge in [0, 0.05) is 23.7 Å². The van der Waals surface area contributed by atoms with E-state index in [2.05, 4.69) is 30.6 Å². The van der Waals surface area contributed by atoms with Gasteiger partial charge in [0.05, 0.1) is 24.9 Å². The zero-order chi connectivity index (χ0) is 24.0. The molecule has 13 heteroatoms.